The van der Waals surface area contributed by atoms with E-state index in [0.717, 1.165) is 12.1 Å². The Morgan fingerprint density at radius 3 is 2.59 bits per heavy atom. The zero-order valence-corrected chi connectivity index (χ0v) is 19.7. The minimum Gasteiger partial charge on any atom is -0.309 e. The summed E-state index contributed by atoms with van der Waals surface area (Å²) in [6, 6.07) is 3.35. The number of nitrogens with one attached hydrogen (secondary N) is 1. The highest BCUT2D eigenvalue weighted by atomic mass is 35.5. The number of benzene rings is 1. The van der Waals surface area contributed by atoms with E-state index in [4.69, 9.17) is 11.6 Å². The molecule has 0 radical (unpaired) electrons. The molecular formula is C20H20ClFN4O4S2. The van der Waals surface area contributed by atoms with Gasteiger partial charge in [0.2, 0.25) is 10.0 Å². The summed E-state index contributed by atoms with van der Waals surface area (Å²) in [5.41, 5.74) is 0.346. The van der Waals surface area contributed by atoms with Gasteiger partial charge in [0.15, 0.2) is 5.78 Å². The van der Waals surface area contributed by atoms with Gasteiger partial charge in [0, 0.05) is 26.2 Å². The van der Waals surface area contributed by atoms with Crippen molar-refractivity contribution in [1.82, 2.24) is 19.2 Å². The van der Waals surface area contributed by atoms with E-state index in [-0.39, 0.29) is 34.4 Å². The SMILES string of the molecule is CC(=O)c1sc2nc(CN3CCN(S(=O)(=O)c4ccc(F)c(Cl)c4)CC3)[nH]c(=O)c2c1C. The molecule has 1 aliphatic heterocycles. The van der Waals surface area contributed by atoms with Gasteiger partial charge in [-0.3, -0.25) is 14.5 Å². The molecule has 170 valence electrons. The fourth-order valence-corrected chi connectivity index (χ4v) is 6.52. The molecule has 2 aromatic heterocycles. The van der Waals surface area contributed by atoms with E-state index in [9.17, 15) is 22.4 Å². The summed E-state index contributed by atoms with van der Waals surface area (Å²) in [7, 11) is -3.79. The second-order valence-corrected chi connectivity index (χ2v) is 10.9. The van der Waals surface area contributed by atoms with Gasteiger partial charge in [0.25, 0.3) is 5.56 Å². The molecule has 0 atom stereocenters. The number of ketones is 1. The number of thiophene rings is 1. The Labute approximate surface area is 192 Å². The van der Waals surface area contributed by atoms with Crippen molar-refractivity contribution in [2.24, 2.45) is 0 Å². The van der Waals surface area contributed by atoms with Crippen molar-refractivity contribution in [1.29, 1.82) is 0 Å². The molecule has 8 nitrogen and oxygen atoms in total. The minimum atomic E-state index is -3.79. The molecule has 0 spiro atoms. The van der Waals surface area contributed by atoms with Crippen molar-refractivity contribution < 1.29 is 17.6 Å². The Bertz CT molecular complexity index is 1380. The van der Waals surface area contributed by atoms with Crippen molar-refractivity contribution in [3.63, 3.8) is 0 Å². The molecule has 0 saturated carbocycles. The van der Waals surface area contributed by atoms with E-state index in [1.165, 1.54) is 28.6 Å². The lowest BCUT2D eigenvalue weighted by Gasteiger charge is -2.33. The predicted octanol–water partition coefficient (Wildman–Crippen LogP) is 2.79. The standard InChI is InChI=1S/C20H20ClFN4O4S2/c1-11-17-19(28)23-16(24-20(17)31-18(11)12(2)27)10-25-5-7-26(8-6-25)32(29,30)13-3-4-15(22)14(21)9-13/h3-4,9H,5-8,10H2,1-2H3,(H,23,24,28). The minimum absolute atomic E-state index is 0.0526. The second-order valence-electron chi connectivity index (χ2n) is 7.56. The van der Waals surface area contributed by atoms with Crippen LogP contribution in [0, 0.1) is 12.7 Å². The fraction of sp³-hybridized carbons (Fsp3) is 0.350. The van der Waals surface area contributed by atoms with Crippen LogP contribution in [-0.2, 0) is 16.6 Å². The maximum absolute atomic E-state index is 13.4. The van der Waals surface area contributed by atoms with Gasteiger partial charge in [0.05, 0.1) is 26.7 Å². The maximum Gasteiger partial charge on any atom is 0.259 e. The summed E-state index contributed by atoms with van der Waals surface area (Å²) >= 11 is 6.94. The van der Waals surface area contributed by atoms with Crippen LogP contribution in [-0.4, -0.2) is 59.6 Å². The summed E-state index contributed by atoms with van der Waals surface area (Å²) in [4.78, 5) is 34.6. The second kappa shape index (κ2) is 8.64. The van der Waals surface area contributed by atoms with Gasteiger partial charge < -0.3 is 4.98 Å². The van der Waals surface area contributed by atoms with Crippen molar-refractivity contribution in [3.8, 4) is 0 Å². The van der Waals surface area contributed by atoms with E-state index < -0.39 is 15.8 Å². The van der Waals surface area contributed by atoms with Crippen LogP contribution < -0.4 is 5.56 Å². The number of aromatic nitrogens is 2. The van der Waals surface area contributed by atoms with Crippen LogP contribution in [0.1, 0.15) is 28.0 Å². The third-order valence-electron chi connectivity index (χ3n) is 5.40. The maximum atomic E-state index is 13.4. The van der Waals surface area contributed by atoms with Crippen molar-refractivity contribution in [3.05, 3.63) is 55.7 Å². The highest BCUT2D eigenvalue weighted by Crippen LogP contribution is 2.27. The third kappa shape index (κ3) is 4.23. The monoisotopic (exact) mass is 498 g/mol. The number of halogens is 2. The predicted molar refractivity (Wildman–Crippen MR) is 120 cm³/mol. The first-order valence-electron chi connectivity index (χ1n) is 9.78. The van der Waals surface area contributed by atoms with Gasteiger partial charge in [0.1, 0.15) is 16.5 Å². The average Bonchev–Trinajstić information content (AvgIpc) is 3.07. The fourth-order valence-electron chi connectivity index (χ4n) is 3.73. The van der Waals surface area contributed by atoms with Crippen molar-refractivity contribution in [2.45, 2.75) is 25.3 Å². The zero-order valence-electron chi connectivity index (χ0n) is 17.3. The van der Waals surface area contributed by atoms with Crippen LogP contribution in [0.3, 0.4) is 0 Å². The molecule has 3 aromatic rings. The number of fused-ring (bicyclic) bond motifs is 1. The van der Waals surface area contributed by atoms with Crippen LogP contribution in [0.4, 0.5) is 4.39 Å². The highest BCUT2D eigenvalue weighted by Gasteiger charge is 2.29. The smallest absolute Gasteiger partial charge is 0.259 e. The number of Topliss-reactive ketones (excluding diaryl/α,β-unsaturated/α-hetero) is 1. The summed E-state index contributed by atoms with van der Waals surface area (Å²) in [5.74, 6) is -0.322. The van der Waals surface area contributed by atoms with E-state index in [1.54, 1.807) is 6.92 Å². The molecule has 0 bridgehead atoms. The van der Waals surface area contributed by atoms with Crippen LogP contribution in [0.5, 0.6) is 0 Å². The number of aryl methyl sites for hydroxylation is 1. The Kier molecular flexibility index (Phi) is 6.21. The number of piperazine rings is 1. The van der Waals surface area contributed by atoms with Gasteiger partial charge in [-0.1, -0.05) is 11.6 Å². The van der Waals surface area contributed by atoms with Gasteiger partial charge >= 0.3 is 0 Å². The number of rotatable bonds is 5. The molecular weight excluding hydrogens is 479 g/mol. The van der Waals surface area contributed by atoms with Crippen molar-refractivity contribution in [2.75, 3.05) is 26.2 Å². The lowest BCUT2D eigenvalue weighted by Crippen LogP contribution is -2.48. The first-order chi connectivity index (χ1) is 15.1. The summed E-state index contributed by atoms with van der Waals surface area (Å²) in [5, 5.41) is 0.185. The molecule has 32 heavy (non-hydrogen) atoms. The molecule has 0 unspecified atom stereocenters. The Balaban J connectivity index is 1.48. The Morgan fingerprint density at radius 1 is 1.28 bits per heavy atom. The van der Waals surface area contributed by atoms with Crippen LogP contribution in [0.2, 0.25) is 5.02 Å². The van der Waals surface area contributed by atoms with E-state index in [0.29, 0.717) is 46.1 Å². The molecule has 12 heteroatoms. The van der Waals surface area contributed by atoms with Gasteiger partial charge in [-0.05, 0) is 37.6 Å². The van der Waals surface area contributed by atoms with Gasteiger partial charge in [-0.15, -0.1) is 11.3 Å². The molecule has 0 aliphatic carbocycles. The zero-order chi connectivity index (χ0) is 23.2. The van der Waals surface area contributed by atoms with Crippen LogP contribution in [0.15, 0.2) is 27.9 Å². The molecule has 0 amide bonds. The number of nitrogens with zero attached hydrogens (tertiary/aromatic N) is 3. The Hall–Kier alpha value is -2.18. The number of H-pyrrole nitrogens is 1. The lowest BCUT2D eigenvalue weighted by atomic mass is 10.2. The largest absolute Gasteiger partial charge is 0.309 e. The first kappa shape index (κ1) is 23.0. The molecule has 1 N–H and O–H groups in total. The Morgan fingerprint density at radius 2 is 1.97 bits per heavy atom. The number of hydrogen-bond acceptors (Lipinski definition) is 7. The van der Waals surface area contributed by atoms with Gasteiger partial charge in [-0.25, -0.2) is 17.8 Å². The first-order valence-corrected chi connectivity index (χ1v) is 12.4. The number of hydrogen-bond donors (Lipinski definition) is 1. The van der Waals surface area contributed by atoms with Crippen LogP contribution in [0.25, 0.3) is 10.2 Å². The summed E-state index contributed by atoms with van der Waals surface area (Å²) < 4.78 is 40.4. The summed E-state index contributed by atoms with van der Waals surface area (Å²) in [6.45, 7) is 4.86. The van der Waals surface area contributed by atoms with E-state index in [1.807, 2.05) is 4.90 Å². The van der Waals surface area contributed by atoms with Gasteiger partial charge in [-0.2, -0.15) is 4.31 Å². The molecule has 1 aromatic carbocycles. The molecule has 1 saturated heterocycles. The molecule has 1 aliphatic rings. The third-order valence-corrected chi connectivity index (χ3v) is 8.87. The van der Waals surface area contributed by atoms with E-state index in [2.05, 4.69) is 9.97 Å². The van der Waals surface area contributed by atoms with Crippen LogP contribution >= 0.6 is 22.9 Å². The summed E-state index contributed by atoms with van der Waals surface area (Å²) in [6.07, 6.45) is 0. The number of aromatic amines is 1. The van der Waals surface area contributed by atoms with E-state index >= 15 is 0 Å². The normalized spacial score (nSPS) is 16.0. The topological polar surface area (TPSA) is 103 Å². The average molecular weight is 499 g/mol. The highest BCUT2D eigenvalue weighted by molar-refractivity contribution is 7.89. The molecule has 1 fully saturated rings. The number of carbonyl (C=O) groups is 1. The number of carbonyl (C=O) groups excluding carboxylic acids is 1. The lowest BCUT2D eigenvalue weighted by molar-refractivity contribution is 0.102. The quantitative estimate of drug-likeness (QED) is 0.542. The van der Waals surface area contributed by atoms with Crippen molar-refractivity contribution >= 4 is 49.0 Å². The number of sulfonamides is 1. The molecule has 4 rings (SSSR count). The molecule has 3 heterocycles.